The standard InChI is InChI=1S/C10H10Cl2N4O/c1-2-16-5-7(3-14-16)4-15-6-13-9(12)8(11)10(15)17/h3,5-6H,2,4H2,1H3. The smallest absolute Gasteiger partial charge is 0.273 e. The number of nitrogens with zero attached hydrogens (tertiary/aromatic N) is 4. The number of hydrogen-bond donors (Lipinski definition) is 0. The third kappa shape index (κ3) is 2.50. The van der Waals surface area contributed by atoms with Gasteiger partial charge in [-0.25, -0.2) is 4.98 Å². The summed E-state index contributed by atoms with van der Waals surface area (Å²) in [6, 6.07) is 0. The monoisotopic (exact) mass is 272 g/mol. The molecule has 17 heavy (non-hydrogen) atoms. The summed E-state index contributed by atoms with van der Waals surface area (Å²) >= 11 is 11.4. The molecule has 2 heterocycles. The molecule has 0 fully saturated rings. The van der Waals surface area contributed by atoms with Crippen molar-refractivity contribution < 1.29 is 0 Å². The predicted octanol–water partition coefficient (Wildman–Crippen LogP) is 1.81. The summed E-state index contributed by atoms with van der Waals surface area (Å²) in [5.41, 5.74) is 0.560. The first-order valence-electron chi connectivity index (χ1n) is 5.03. The molecule has 0 aromatic carbocycles. The molecule has 7 heteroatoms. The molecule has 0 bridgehead atoms. The first-order chi connectivity index (χ1) is 8.11. The molecular weight excluding hydrogens is 263 g/mol. The molecule has 0 aliphatic heterocycles. The van der Waals surface area contributed by atoms with Crippen LogP contribution in [-0.2, 0) is 13.1 Å². The first-order valence-corrected chi connectivity index (χ1v) is 5.79. The Morgan fingerprint density at radius 2 is 2.18 bits per heavy atom. The van der Waals surface area contributed by atoms with Gasteiger partial charge in [0.25, 0.3) is 5.56 Å². The SMILES string of the molecule is CCn1cc(Cn2cnc(Cl)c(Cl)c2=O)cn1. The summed E-state index contributed by atoms with van der Waals surface area (Å²) in [4.78, 5) is 15.6. The minimum atomic E-state index is -0.351. The minimum absolute atomic E-state index is 0.0252. The van der Waals surface area contributed by atoms with E-state index in [2.05, 4.69) is 10.1 Å². The lowest BCUT2D eigenvalue weighted by Crippen LogP contribution is -2.21. The second-order valence-corrected chi connectivity index (χ2v) is 4.22. The second-order valence-electron chi connectivity index (χ2n) is 3.49. The molecule has 0 unspecified atom stereocenters. The van der Waals surface area contributed by atoms with Crippen molar-refractivity contribution in [3.63, 3.8) is 0 Å². The van der Waals surface area contributed by atoms with Crippen LogP contribution >= 0.6 is 23.2 Å². The molecule has 2 aromatic rings. The van der Waals surface area contributed by atoms with E-state index in [0.717, 1.165) is 12.1 Å². The van der Waals surface area contributed by atoms with Gasteiger partial charge in [-0.2, -0.15) is 5.10 Å². The molecule has 5 nitrogen and oxygen atoms in total. The third-order valence-electron chi connectivity index (χ3n) is 2.30. The summed E-state index contributed by atoms with van der Waals surface area (Å²) < 4.78 is 3.18. The number of rotatable bonds is 3. The molecule has 0 aliphatic rings. The van der Waals surface area contributed by atoms with Crippen LogP contribution in [-0.4, -0.2) is 19.3 Å². The van der Waals surface area contributed by atoms with Gasteiger partial charge in [0.1, 0.15) is 5.02 Å². The molecule has 0 saturated heterocycles. The fraction of sp³-hybridized carbons (Fsp3) is 0.300. The zero-order valence-electron chi connectivity index (χ0n) is 9.10. The highest BCUT2D eigenvalue weighted by atomic mass is 35.5. The molecule has 0 amide bonds. The van der Waals surface area contributed by atoms with Crippen LogP contribution in [0.5, 0.6) is 0 Å². The zero-order valence-corrected chi connectivity index (χ0v) is 10.6. The van der Waals surface area contributed by atoms with E-state index in [4.69, 9.17) is 23.2 Å². The number of aromatic nitrogens is 4. The third-order valence-corrected chi connectivity index (χ3v) is 3.03. The molecule has 0 atom stereocenters. The molecule has 0 N–H and O–H groups in total. The van der Waals surface area contributed by atoms with Crippen LogP contribution in [0.1, 0.15) is 12.5 Å². The first kappa shape index (κ1) is 12.1. The van der Waals surface area contributed by atoms with E-state index in [0.29, 0.717) is 6.54 Å². The summed E-state index contributed by atoms with van der Waals surface area (Å²) in [5.74, 6) is 0. The van der Waals surface area contributed by atoms with E-state index in [9.17, 15) is 4.79 Å². The quantitative estimate of drug-likeness (QED) is 0.801. The summed E-state index contributed by atoms with van der Waals surface area (Å²) in [6.45, 7) is 3.15. The maximum atomic E-state index is 11.7. The van der Waals surface area contributed by atoms with Gasteiger partial charge in [0, 0.05) is 18.3 Å². The van der Waals surface area contributed by atoms with Gasteiger partial charge in [-0.05, 0) is 6.92 Å². The maximum Gasteiger partial charge on any atom is 0.273 e. The van der Waals surface area contributed by atoms with Crippen molar-refractivity contribution in [2.75, 3.05) is 0 Å². The molecule has 2 rings (SSSR count). The zero-order chi connectivity index (χ0) is 12.4. The van der Waals surface area contributed by atoms with E-state index in [1.807, 2.05) is 13.1 Å². The lowest BCUT2D eigenvalue weighted by atomic mass is 10.3. The Labute approximate surface area is 108 Å². The van der Waals surface area contributed by atoms with Crippen molar-refractivity contribution in [3.05, 3.63) is 44.8 Å². The largest absolute Gasteiger partial charge is 0.293 e. The second kappa shape index (κ2) is 4.89. The van der Waals surface area contributed by atoms with E-state index in [1.54, 1.807) is 10.9 Å². The van der Waals surface area contributed by atoms with Crippen LogP contribution < -0.4 is 5.56 Å². The fourth-order valence-electron chi connectivity index (χ4n) is 1.41. The van der Waals surface area contributed by atoms with Crippen molar-refractivity contribution >= 4 is 23.2 Å². The highest BCUT2D eigenvalue weighted by molar-refractivity contribution is 6.40. The van der Waals surface area contributed by atoms with E-state index in [-0.39, 0.29) is 15.7 Å². The Bertz CT molecular complexity index is 590. The van der Waals surface area contributed by atoms with Gasteiger partial charge >= 0.3 is 0 Å². The molecule has 0 aliphatic carbocycles. The van der Waals surface area contributed by atoms with Crippen molar-refractivity contribution in [2.45, 2.75) is 20.0 Å². The van der Waals surface area contributed by atoms with Crippen LogP contribution in [0.3, 0.4) is 0 Å². The topological polar surface area (TPSA) is 52.7 Å². The van der Waals surface area contributed by atoms with Crippen molar-refractivity contribution in [2.24, 2.45) is 0 Å². The molecular formula is C10H10Cl2N4O. The average Bonchev–Trinajstić information content (AvgIpc) is 2.78. The lowest BCUT2D eigenvalue weighted by molar-refractivity contribution is 0.657. The van der Waals surface area contributed by atoms with Crippen molar-refractivity contribution in [3.8, 4) is 0 Å². The van der Waals surface area contributed by atoms with Gasteiger partial charge in [0.05, 0.1) is 19.1 Å². The maximum absolute atomic E-state index is 11.7. The van der Waals surface area contributed by atoms with Gasteiger partial charge in [0.2, 0.25) is 0 Å². The predicted molar refractivity (Wildman–Crippen MR) is 65.5 cm³/mol. The van der Waals surface area contributed by atoms with Crippen LogP contribution in [0.25, 0.3) is 0 Å². The molecule has 2 aromatic heterocycles. The van der Waals surface area contributed by atoms with Crippen LogP contribution in [0.2, 0.25) is 10.2 Å². The van der Waals surface area contributed by atoms with Crippen molar-refractivity contribution in [1.82, 2.24) is 19.3 Å². The minimum Gasteiger partial charge on any atom is -0.293 e. The Balaban J connectivity index is 2.30. The van der Waals surface area contributed by atoms with Gasteiger partial charge < -0.3 is 0 Å². The van der Waals surface area contributed by atoms with E-state index >= 15 is 0 Å². The van der Waals surface area contributed by atoms with Gasteiger partial charge in [-0.15, -0.1) is 0 Å². The summed E-state index contributed by atoms with van der Waals surface area (Å²) in [5, 5.41) is 4.09. The Morgan fingerprint density at radius 1 is 1.41 bits per heavy atom. The average molecular weight is 273 g/mol. The highest BCUT2D eigenvalue weighted by Gasteiger charge is 2.08. The normalized spacial score (nSPS) is 10.8. The Hall–Kier alpha value is -1.33. The van der Waals surface area contributed by atoms with Crippen LogP contribution in [0.4, 0.5) is 0 Å². The van der Waals surface area contributed by atoms with Crippen molar-refractivity contribution in [1.29, 1.82) is 0 Å². The number of hydrogen-bond acceptors (Lipinski definition) is 3. The summed E-state index contributed by atoms with van der Waals surface area (Å²) in [7, 11) is 0. The lowest BCUT2D eigenvalue weighted by Gasteiger charge is -2.03. The van der Waals surface area contributed by atoms with E-state index < -0.39 is 0 Å². The van der Waals surface area contributed by atoms with Crippen LogP contribution in [0.15, 0.2) is 23.5 Å². The molecule has 0 radical (unpaired) electrons. The highest BCUT2D eigenvalue weighted by Crippen LogP contribution is 2.13. The number of aryl methyl sites for hydroxylation is 1. The Morgan fingerprint density at radius 3 is 2.82 bits per heavy atom. The van der Waals surface area contributed by atoms with Gasteiger partial charge in [0.15, 0.2) is 5.15 Å². The van der Waals surface area contributed by atoms with Crippen LogP contribution in [0, 0.1) is 0 Å². The molecule has 0 spiro atoms. The fourth-order valence-corrected chi connectivity index (χ4v) is 1.70. The molecule has 90 valence electrons. The van der Waals surface area contributed by atoms with Gasteiger partial charge in [-0.3, -0.25) is 14.0 Å². The van der Waals surface area contributed by atoms with Gasteiger partial charge in [-0.1, -0.05) is 23.2 Å². The molecule has 0 saturated carbocycles. The number of halogens is 2. The summed E-state index contributed by atoms with van der Waals surface area (Å²) in [6.07, 6.45) is 4.95. The Kier molecular flexibility index (Phi) is 3.49. The van der Waals surface area contributed by atoms with E-state index in [1.165, 1.54) is 10.9 Å².